The molecule has 6 heteroatoms. The Kier molecular flexibility index (Phi) is 2.94. The highest BCUT2D eigenvalue weighted by atomic mass is 16.5. The van der Waals surface area contributed by atoms with Crippen molar-refractivity contribution in [1.29, 1.82) is 0 Å². The van der Waals surface area contributed by atoms with E-state index in [1.807, 2.05) is 12.1 Å². The van der Waals surface area contributed by atoms with Crippen LogP contribution in [-0.4, -0.2) is 44.8 Å². The van der Waals surface area contributed by atoms with Gasteiger partial charge in [-0.2, -0.15) is 0 Å². The van der Waals surface area contributed by atoms with Crippen LogP contribution in [0.2, 0.25) is 0 Å². The number of fused-ring (bicyclic) bond motifs is 1. The zero-order valence-corrected chi connectivity index (χ0v) is 10.2. The van der Waals surface area contributed by atoms with E-state index in [4.69, 9.17) is 10.5 Å². The fourth-order valence-electron chi connectivity index (χ4n) is 2.42. The summed E-state index contributed by atoms with van der Waals surface area (Å²) >= 11 is 0. The van der Waals surface area contributed by atoms with Crippen LogP contribution in [0, 0.1) is 0 Å². The van der Waals surface area contributed by atoms with Crippen LogP contribution in [0.15, 0.2) is 30.5 Å². The highest BCUT2D eigenvalue weighted by Gasteiger charge is 2.38. The van der Waals surface area contributed by atoms with Crippen molar-refractivity contribution in [3.63, 3.8) is 0 Å². The molecule has 5 N–H and O–H groups in total. The van der Waals surface area contributed by atoms with Crippen molar-refractivity contribution >= 4 is 16.6 Å². The van der Waals surface area contributed by atoms with Crippen molar-refractivity contribution in [1.82, 2.24) is 4.57 Å². The largest absolute Gasteiger partial charge is 0.399 e. The maximum absolute atomic E-state index is 10.0. The number of aliphatic hydroxyl groups excluding tert-OH is 3. The van der Waals surface area contributed by atoms with Crippen LogP contribution in [0.4, 0.5) is 5.69 Å². The lowest BCUT2D eigenvalue weighted by atomic mass is 10.0. The second kappa shape index (κ2) is 4.50. The lowest BCUT2D eigenvalue weighted by Gasteiger charge is -2.36. The molecule has 2 aromatic rings. The lowest BCUT2D eigenvalue weighted by molar-refractivity contribution is -0.209. The van der Waals surface area contributed by atoms with Crippen LogP contribution >= 0.6 is 0 Å². The molecule has 1 aromatic carbocycles. The van der Waals surface area contributed by atoms with Crippen LogP contribution in [0.25, 0.3) is 10.9 Å². The molecule has 0 spiro atoms. The first-order valence-electron chi connectivity index (χ1n) is 6.10. The molecule has 0 unspecified atom stereocenters. The Balaban J connectivity index is 2.02. The Morgan fingerprint density at radius 2 is 1.95 bits per heavy atom. The molecule has 6 nitrogen and oxygen atoms in total. The van der Waals surface area contributed by atoms with Crippen LogP contribution in [-0.2, 0) is 4.74 Å². The number of nitrogens with two attached hydrogens (primary N) is 1. The quantitative estimate of drug-likeness (QED) is 0.536. The minimum atomic E-state index is -1.22. The van der Waals surface area contributed by atoms with E-state index in [1.54, 1.807) is 22.9 Å². The van der Waals surface area contributed by atoms with E-state index in [1.165, 1.54) is 0 Å². The predicted molar refractivity (Wildman–Crippen MR) is 69.4 cm³/mol. The highest BCUT2D eigenvalue weighted by Crippen LogP contribution is 2.29. The molecule has 1 aromatic heterocycles. The van der Waals surface area contributed by atoms with Crippen molar-refractivity contribution in [2.24, 2.45) is 0 Å². The van der Waals surface area contributed by atoms with Gasteiger partial charge in [-0.15, -0.1) is 0 Å². The molecule has 1 aliphatic rings. The topological polar surface area (TPSA) is 101 Å². The van der Waals surface area contributed by atoms with Gasteiger partial charge >= 0.3 is 0 Å². The molecule has 0 radical (unpaired) electrons. The third-order valence-corrected chi connectivity index (χ3v) is 3.50. The molecule has 102 valence electrons. The molecular formula is C13H16N2O4. The first-order chi connectivity index (χ1) is 9.08. The molecule has 1 saturated heterocycles. The van der Waals surface area contributed by atoms with Gasteiger partial charge in [-0.25, -0.2) is 0 Å². The third kappa shape index (κ3) is 1.98. The van der Waals surface area contributed by atoms with E-state index < -0.39 is 24.5 Å². The van der Waals surface area contributed by atoms with Crippen LogP contribution in [0.5, 0.6) is 0 Å². The number of ether oxygens (including phenoxy) is 1. The van der Waals surface area contributed by atoms with Crippen molar-refractivity contribution in [2.75, 3.05) is 12.3 Å². The van der Waals surface area contributed by atoms with Gasteiger partial charge < -0.3 is 30.4 Å². The molecule has 0 amide bonds. The highest BCUT2D eigenvalue weighted by molar-refractivity contribution is 5.83. The van der Waals surface area contributed by atoms with E-state index in [-0.39, 0.29) is 6.61 Å². The second-order valence-electron chi connectivity index (χ2n) is 4.81. The summed E-state index contributed by atoms with van der Waals surface area (Å²) in [5.74, 6) is 0. The van der Waals surface area contributed by atoms with Gasteiger partial charge in [0.2, 0.25) is 0 Å². The first-order valence-corrected chi connectivity index (χ1v) is 6.10. The zero-order valence-electron chi connectivity index (χ0n) is 10.2. The van der Waals surface area contributed by atoms with Crippen LogP contribution in [0.3, 0.4) is 0 Å². The van der Waals surface area contributed by atoms with Gasteiger partial charge in [0.25, 0.3) is 0 Å². The Labute approximate surface area is 109 Å². The molecule has 19 heavy (non-hydrogen) atoms. The van der Waals surface area contributed by atoms with Gasteiger partial charge in [-0.05, 0) is 23.6 Å². The van der Waals surface area contributed by atoms with E-state index in [0.717, 1.165) is 10.9 Å². The Morgan fingerprint density at radius 3 is 2.74 bits per heavy atom. The Hall–Kier alpha value is -1.60. The second-order valence-corrected chi connectivity index (χ2v) is 4.81. The summed E-state index contributed by atoms with van der Waals surface area (Å²) in [6, 6.07) is 7.33. The average molecular weight is 264 g/mol. The molecule has 0 bridgehead atoms. The number of nitrogens with zero attached hydrogens (tertiary/aromatic N) is 1. The summed E-state index contributed by atoms with van der Waals surface area (Å²) in [5.41, 5.74) is 7.18. The van der Waals surface area contributed by atoms with Crippen molar-refractivity contribution in [3.05, 3.63) is 30.5 Å². The Bertz CT molecular complexity index is 597. The fourth-order valence-corrected chi connectivity index (χ4v) is 2.42. The zero-order chi connectivity index (χ0) is 13.6. The first kappa shape index (κ1) is 12.4. The summed E-state index contributed by atoms with van der Waals surface area (Å²) in [5, 5.41) is 30.2. The smallest absolute Gasteiger partial charge is 0.162 e. The van der Waals surface area contributed by atoms with Crippen LogP contribution in [0.1, 0.15) is 6.23 Å². The number of hydrogen-bond donors (Lipinski definition) is 4. The number of aliphatic hydroxyl groups is 3. The fraction of sp³-hybridized carbons (Fsp3) is 0.385. The summed E-state index contributed by atoms with van der Waals surface area (Å²) in [4.78, 5) is 0. The Morgan fingerprint density at radius 1 is 1.16 bits per heavy atom. The summed E-state index contributed by atoms with van der Waals surface area (Å²) in [6.45, 7) is -0.0229. The molecule has 3 rings (SSSR count). The number of rotatable bonds is 1. The van der Waals surface area contributed by atoms with Gasteiger partial charge in [0, 0.05) is 11.9 Å². The van der Waals surface area contributed by atoms with Crippen molar-refractivity contribution in [3.8, 4) is 0 Å². The molecule has 2 heterocycles. The number of benzene rings is 1. The molecule has 0 aliphatic carbocycles. The van der Waals surface area contributed by atoms with Crippen molar-refractivity contribution in [2.45, 2.75) is 24.5 Å². The lowest BCUT2D eigenvalue weighted by Crippen LogP contribution is -2.50. The summed E-state index contributed by atoms with van der Waals surface area (Å²) in [7, 11) is 0. The van der Waals surface area contributed by atoms with Gasteiger partial charge in [0.15, 0.2) is 6.23 Å². The maximum atomic E-state index is 10.0. The van der Waals surface area contributed by atoms with Gasteiger partial charge in [0.1, 0.15) is 18.3 Å². The molecule has 1 aliphatic heterocycles. The number of nitrogen functional groups attached to an aromatic ring is 1. The predicted octanol–water partition coefficient (Wildman–Crippen LogP) is -0.165. The third-order valence-electron chi connectivity index (χ3n) is 3.50. The monoisotopic (exact) mass is 264 g/mol. The van der Waals surface area contributed by atoms with Gasteiger partial charge in [-0.1, -0.05) is 6.07 Å². The van der Waals surface area contributed by atoms with Gasteiger partial charge in [-0.3, -0.25) is 0 Å². The normalized spacial score (nSPS) is 31.7. The van der Waals surface area contributed by atoms with E-state index in [9.17, 15) is 15.3 Å². The maximum Gasteiger partial charge on any atom is 0.162 e. The SMILES string of the molecule is Nc1ccc2ccn([C@@H]3OC[C@H](O)[C@H](O)[C@H]3O)c2c1. The number of aromatic nitrogens is 1. The minimum absolute atomic E-state index is 0.0229. The summed E-state index contributed by atoms with van der Waals surface area (Å²) < 4.78 is 7.14. The van der Waals surface area contributed by atoms with E-state index in [2.05, 4.69) is 0 Å². The number of hydrogen-bond acceptors (Lipinski definition) is 5. The molecule has 4 atom stereocenters. The number of anilines is 1. The molecule has 1 fully saturated rings. The average Bonchev–Trinajstić information content (AvgIpc) is 2.79. The van der Waals surface area contributed by atoms with E-state index >= 15 is 0 Å². The van der Waals surface area contributed by atoms with Gasteiger partial charge in [0.05, 0.1) is 12.1 Å². The molecule has 0 saturated carbocycles. The minimum Gasteiger partial charge on any atom is -0.399 e. The van der Waals surface area contributed by atoms with Crippen LogP contribution < -0.4 is 5.73 Å². The van der Waals surface area contributed by atoms with E-state index in [0.29, 0.717) is 5.69 Å². The standard InChI is InChI=1S/C13H16N2O4/c14-8-2-1-7-3-4-15(9(7)5-8)13-12(18)11(17)10(16)6-19-13/h1-5,10-13,16-18H,6,14H2/t10-,11-,12+,13+/m0/s1. The molecular weight excluding hydrogens is 248 g/mol. The van der Waals surface area contributed by atoms with Crippen molar-refractivity contribution < 1.29 is 20.1 Å². The summed E-state index contributed by atoms with van der Waals surface area (Å²) in [6.07, 6.45) is -2.46.